The second kappa shape index (κ2) is 7.82. The lowest BCUT2D eigenvalue weighted by Crippen LogP contribution is -2.44. The van der Waals surface area contributed by atoms with Gasteiger partial charge in [0.15, 0.2) is 6.61 Å². The Kier molecular flexibility index (Phi) is 5.46. The highest BCUT2D eigenvalue weighted by atomic mass is 35.5. The molecule has 1 unspecified atom stereocenters. The number of rotatable bonds is 5. The highest BCUT2D eigenvalue weighted by molar-refractivity contribution is 6.33. The van der Waals surface area contributed by atoms with Crippen LogP contribution in [0.5, 0.6) is 0 Å². The summed E-state index contributed by atoms with van der Waals surface area (Å²) in [5, 5.41) is 2.90. The third-order valence-electron chi connectivity index (χ3n) is 4.30. The van der Waals surface area contributed by atoms with Gasteiger partial charge in [-0.25, -0.2) is 4.79 Å². The number of nitrogens with zero attached hydrogens (tertiary/aromatic N) is 1. The van der Waals surface area contributed by atoms with Crippen LogP contribution in [-0.4, -0.2) is 41.2 Å². The third kappa shape index (κ3) is 3.75. The number of aryl methyl sites for hydroxylation is 1. The molecule has 0 fully saturated rings. The van der Waals surface area contributed by atoms with E-state index in [1.807, 2.05) is 6.92 Å². The normalized spacial score (nSPS) is 13.9. The summed E-state index contributed by atoms with van der Waals surface area (Å²) in [6.07, 6.45) is 0. The molecule has 2 aromatic rings. The summed E-state index contributed by atoms with van der Waals surface area (Å²) in [5.41, 5.74) is 1.80. The third-order valence-corrected chi connectivity index (χ3v) is 4.61. The molecular formula is C20H17ClN2O5. The molecule has 2 aromatic carbocycles. The van der Waals surface area contributed by atoms with Gasteiger partial charge >= 0.3 is 5.97 Å². The number of hydrogen-bond donors (Lipinski definition) is 1. The standard InChI is InChI=1S/C20H17ClN2O5/c1-11-7-8-16(15(21)9-11)22-17(24)10-28-20(27)12(2)23-18(25)13-5-3-4-6-14(13)19(23)26/h3-9,12H,10H2,1-2H3,(H,22,24). The zero-order chi connectivity index (χ0) is 20.4. The van der Waals surface area contributed by atoms with E-state index in [0.29, 0.717) is 10.7 Å². The van der Waals surface area contributed by atoms with Crippen molar-refractivity contribution in [2.24, 2.45) is 0 Å². The van der Waals surface area contributed by atoms with E-state index >= 15 is 0 Å². The van der Waals surface area contributed by atoms with E-state index in [0.717, 1.165) is 10.5 Å². The smallest absolute Gasteiger partial charge is 0.329 e. The van der Waals surface area contributed by atoms with Crippen molar-refractivity contribution in [3.05, 3.63) is 64.2 Å². The number of benzene rings is 2. The minimum atomic E-state index is -1.16. The molecule has 8 heteroatoms. The van der Waals surface area contributed by atoms with Crippen LogP contribution < -0.4 is 5.32 Å². The molecule has 3 amide bonds. The molecule has 0 aromatic heterocycles. The van der Waals surface area contributed by atoms with E-state index in [4.69, 9.17) is 16.3 Å². The number of imide groups is 1. The summed E-state index contributed by atoms with van der Waals surface area (Å²) < 4.78 is 4.97. The number of fused-ring (bicyclic) bond motifs is 1. The molecule has 0 saturated heterocycles. The van der Waals surface area contributed by atoms with Crippen molar-refractivity contribution < 1.29 is 23.9 Å². The summed E-state index contributed by atoms with van der Waals surface area (Å²) in [5.74, 6) is -2.59. The Bertz CT molecular complexity index is 953. The number of amides is 3. The number of carbonyl (C=O) groups excluding carboxylic acids is 4. The Labute approximate surface area is 166 Å². The number of esters is 1. The summed E-state index contributed by atoms with van der Waals surface area (Å²) >= 11 is 6.05. The van der Waals surface area contributed by atoms with Gasteiger partial charge in [-0.3, -0.25) is 19.3 Å². The number of anilines is 1. The van der Waals surface area contributed by atoms with Crippen molar-refractivity contribution in [2.45, 2.75) is 19.9 Å². The maximum atomic E-state index is 12.4. The van der Waals surface area contributed by atoms with Crippen molar-refractivity contribution in [3.63, 3.8) is 0 Å². The number of ether oxygens (including phenoxy) is 1. The minimum Gasteiger partial charge on any atom is -0.454 e. The van der Waals surface area contributed by atoms with Crippen LogP contribution in [0.4, 0.5) is 5.69 Å². The van der Waals surface area contributed by atoms with Crippen LogP contribution in [0, 0.1) is 6.92 Å². The van der Waals surface area contributed by atoms with Gasteiger partial charge in [0.05, 0.1) is 21.8 Å². The van der Waals surface area contributed by atoms with E-state index in [9.17, 15) is 19.2 Å². The van der Waals surface area contributed by atoms with E-state index in [-0.39, 0.29) is 11.1 Å². The quantitative estimate of drug-likeness (QED) is 0.615. The molecule has 7 nitrogen and oxygen atoms in total. The maximum Gasteiger partial charge on any atom is 0.329 e. The van der Waals surface area contributed by atoms with Gasteiger partial charge in [0.2, 0.25) is 0 Å². The highest BCUT2D eigenvalue weighted by Gasteiger charge is 2.41. The average Bonchev–Trinajstić information content (AvgIpc) is 2.92. The van der Waals surface area contributed by atoms with Gasteiger partial charge in [-0.2, -0.15) is 0 Å². The minimum absolute atomic E-state index is 0.235. The second-order valence-corrected chi connectivity index (χ2v) is 6.75. The first kappa shape index (κ1) is 19.6. The van der Waals surface area contributed by atoms with E-state index in [1.54, 1.807) is 30.3 Å². The van der Waals surface area contributed by atoms with Gasteiger partial charge in [0.25, 0.3) is 17.7 Å². The fraction of sp³-hybridized carbons (Fsp3) is 0.200. The Balaban J connectivity index is 1.60. The fourth-order valence-corrected chi connectivity index (χ4v) is 3.11. The van der Waals surface area contributed by atoms with Gasteiger partial charge in [0, 0.05) is 0 Å². The van der Waals surface area contributed by atoms with Gasteiger partial charge in [-0.05, 0) is 43.7 Å². The molecule has 1 N–H and O–H groups in total. The van der Waals surface area contributed by atoms with Crippen molar-refractivity contribution >= 4 is 41.0 Å². The molecule has 0 aliphatic carbocycles. The van der Waals surface area contributed by atoms with Crippen LogP contribution in [-0.2, 0) is 14.3 Å². The molecule has 0 radical (unpaired) electrons. The average molecular weight is 401 g/mol. The molecule has 144 valence electrons. The van der Waals surface area contributed by atoms with Crippen LogP contribution in [0.1, 0.15) is 33.2 Å². The number of halogens is 1. The highest BCUT2D eigenvalue weighted by Crippen LogP contribution is 2.25. The van der Waals surface area contributed by atoms with Crippen LogP contribution >= 0.6 is 11.6 Å². The topological polar surface area (TPSA) is 92.8 Å². The maximum absolute atomic E-state index is 12.4. The number of carbonyl (C=O) groups is 4. The van der Waals surface area contributed by atoms with Crippen LogP contribution in [0.15, 0.2) is 42.5 Å². The molecule has 3 rings (SSSR count). The van der Waals surface area contributed by atoms with Crippen molar-refractivity contribution in [1.29, 1.82) is 0 Å². The second-order valence-electron chi connectivity index (χ2n) is 6.34. The predicted molar refractivity (Wildman–Crippen MR) is 102 cm³/mol. The van der Waals surface area contributed by atoms with Gasteiger partial charge in [-0.1, -0.05) is 29.8 Å². The van der Waals surface area contributed by atoms with Crippen LogP contribution in [0.25, 0.3) is 0 Å². The lowest BCUT2D eigenvalue weighted by atomic mass is 10.1. The van der Waals surface area contributed by atoms with Crippen LogP contribution in [0.2, 0.25) is 5.02 Å². The Hall–Kier alpha value is -3.19. The van der Waals surface area contributed by atoms with Crippen molar-refractivity contribution in [2.75, 3.05) is 11.9 Å². The number of hydrogen-bond acceptors (Lipinski definition) is 5. The van der Waals surface area contributed by atoms with Gasteiger partial charge < -0.3 is 10.1 Å². The van der Waals surface area contributed by atoms with E-state index in [2.05, 4.69) is 5.32 Å². The lowest BCUT2D eigenvalue weighted by molar-refractivity contribution is -0.150. The van der Waals surface area contributed by atoms with E-state index in [1.165, 1.54) is 19.1 Å². The molecule has 28 heavy (non-hydrogen) atoms. The summed E-state index contributed by atoms with van der Waals surface area (Å²) in [7, 11) is 0. The van der Waals surface area contributed by atoms with E-state index < -0.39 is 36.3 Å². The molecule has 1 atom stereocenters. The van der Waals surface area contributed by atoms with Crippen molar-refractivity contribution in [1.82, 2.24) is 4.90 Å². The Morgan fingerprint density at radius 1 is 1.11 bits per heavy atom. The summed E-state index contributed by atoms with van der Waals surface area (Å²) in [6, 6.07) is 10.2. The number of nitrogens with one attached hydrogen (secondary N) is 1. The first-order chi connectivity index (χ1) is 13.3. The molecule has 1 heterocycles. The predicted octanol–water partition coefficient (Wildman–Crippen LogP) is 2.81. The first-order valence-electron chi connectivity index (χ1n) is 8.49. The summed E-state index contributed by atoms with van der Waals surface area (Å²) in [4.78, 5) is 49.9. The summed E-state index contributed by atoms with van der Waals surface area (Å²) in [6.45, 7) is 2.66. The molecule has 0 bridgehead atoms. The fourth-order valence-electron chi connectivity index (χ4n) is 2.83. The zero-order valence-electron chi connectivity index (χ0n) is 15.2. The molecular weight excluding hydrogens is 384 g/mol. The largest absolute Gasteiger partial charge is 0.454 e. The molecule has 0 spiro atoms. The Morgan fingerprint density at radius 2 is 1.71 bits per heavy atom. The van der Waals surface area contributed by atoms with Crippen molar-refractivity contribution in [3.8, 4) is 0 Å². The molecule has 1 aliphatic heterocycles. The van der Waals surface area contributed by atoms with Gasteiger partial charge in [0.1, 0.15) is 6.04 Å². The monoisotopic (exact) mass is 400 g/mol. The lowest BCUT2D eigenvalue weighted by Gasteiger charge is -2.20. The molecule has 1 aliphatic rings. The SMILES string of the molecule is Cc1ccc(NC(=O)COC(=O)C(C)N2C(=O)c3ccccc3C2=O)c(Cl)c1. The van der Waals surface area contributed by atoms with Gasteiger partial charge in [-0.15, -0.1) is 0 Å². The molecule has 0 saturated carbocycles. The Morgan fingerprint density at radius 3 is 2.29 bits per heavy atom. The zero-order valence-corrected chi connectivity index (χ0v) is 15.9. The first-order valence-corrected chi connectivity index (χ1v) is 8.87. The van der Waals surface area contributed by atoms with Crippen LogP contribution in [0.3, 0.4) is 0 Å².